The number of rotatable bonds is 4. The molecule has 0 aliphatic carbocycles. The number of nitrogens with one attached hydrogen (secondary N) is 1. The average Bonchev–Trinajstić information content (AvgIpc) is 3.00. The van der Waals surface area contributed by atoms with Crippen LogP contribution < -0.4 is 10.2 Å². The quantitative estimate of drug-likeness (QED) is 0.920. The Morgan fingerprint density at radius 2 is 1.96 bits per heavy atom. The highest BCUT2D eigenvalue weighted by Gasteiger charge is 2.26. The Kier molecular flexibility index (Phi) is 4.86. The number of aryl methyl sites for hydroxylation is 1. The monoisotopic (exact) mass is 342 g/mol. The molecule has 0 aromatic heterocycles. The highest BCUT2D eigenvalue weighted by Crippen LogP contribution is 2.28. The lowest BCUT2D eigenvalue weighted by atomic mass is 10.1. The van der Waals surface area contributed by atoms with Crippen molar-refractivity contribution in [3.05, 3.63) is 64.2 Å². The molecule has 4 nitrogen and oxygen atoms in total. The zero-order valence-electron chi connectivity index (χ0n) is 13.5. The molecule has 5 heteroatoms. The lowest BCUT2D eigenvalue weighted by Crippen LogP contribution is -2.29. The van der Waals surface area contributed by atoms with E-state index in [4.69, 9.17) is 11.6 Å². The predicted molar refractivity (Wildman–Crippen MR) is 95.4 cm³/mol. The largest absolute Gasteiger partial charge is 0.348 e. The SMILES string of the molecule is Cc1ccc(CNC(=O)c2ccc(Cl)cc2N2CCCC2=O)cc1. The molecule has 2 aromatic carbocycles. The van der Waals surface area contributed by atoms with Crippen molar-refractivity contribution in [2.45, 2.75) is 26.3 Å². The second-order valence-electron chi connectivity index (χ2n) is 5.98. The molecule has 1 heterocycles. The normalized spacial score (nSPS) is 14.1. The first kappa shape index (κ1) is 16.5. The lowest BCUT2D eigenvalue weighted by Gasteiger charge is -2.19. The van der Waals surface area contributed by atoms with Gasteiger partial charge < -0.3 is 10.2 Å². The van der Waals surface area contributed by atoms with Gasteiger partial charge in [0.05, 0.1) is 11.3 Å². The van der Waals surface area contributed by atoms with Crippen molar-refractivity contribution in [2.24, 2.45) is 0 Å². The predicted octanol–water partition coefficient (Wildman–Crippen LogP) is 3.71. The molecule has 0 spiro atoms. The highest BCUT2D eigenvalue weighted by molar-refractivity contribution is 6.31. The molecule has 0 saturated carbocycles. The molecule has 1 fully saturated rings. The summed E-state index contributed by atoms with van der Waals surface area (Å²) in [5.74, 6) is -0.174. The molecule has 2 amide bonds. The van der Waals surface area contributed by atoms with Crippen LogP contribution in [0.15, 0.2) is 42.5 Å². The lowest BCUT2D eigenvalue weighted by molar-refractivity contribution is -0.117. The minimum absolute atomic E-state index is 0.0323. The van der Waals surface area contributed by atoms with E-state index in [9.17, 15) is 9.59 Å². The molecular formula is C19H19ClN2O2. The third-order valence-corrected chi connectivity index (χ3v) is 4.38. The number of amides is 2. The number of anilines is 1. The van der Waals surface area contributed by atoms with Gasteiger partial charge in [-0.1, -0.05) is 41.4 Å². The van der Waals surface area contributed by atoms with Crippen LogP contribution in [0.4, 0.5) is 5.69 Å². The Bertz CT molecular complexity index is 771. The molecule has 124 valence electrons. The van der Waals surface area contributed by atoms with Crippen LogP contribution in [0.5, 0.6) is 0 Å². The molecule has 3 rings (SSSR count). The van der Waals surface area contributed by atoms with E-state index in [0.717, 1.165) is 12.0 Å². The summed E-state index contributed by atoms with van der Waals surface area (Å²) in [6, 6.07) is 13.0. The molecule has 0 bridgehead atoms. The Morgan fingerprint density at radius 1 is 1.21 bits per heavy atom. The van der Waals surface area contributed by atoms with Crippen LogP contribution in [-0.4, -0.2) is 18.4 Å². The second-order valence-corrected chi connectivity index (χ2v) is 6.42. The number of hydrogen-bond acceptors (Lipinski definition) is 2. The fourth-order valence-electron chi connectivity index (χ4n) is 2.81. The van der Waals surface area contributed by atoms with E-state index < -0.39 is 0 Å². The van der Waals surface area contributed by atoms with Crippen LogP contribution in [0.25, 0.3) is 0 Å². The van der Waals surface area contributed by atoms with Crippen molar-refractivity contribution in [1.82, 2.24) is 5.32 Å². The number of benzene rings is 2. The van der Waals surface area contributed by atoms with E-state index >= 15 is 0 Å². The van der Waals surface area contributed by atoms with Crippen LogP contribution in [0, 0.1) is 6.92 Å². The van der Waals surface area contributed by atoms with Crippen molar-refractivity contribution in [3.8, 4) is 0 Å². The fraction of sp³-hybridized carbons (Fsp3) is 0.263. The smallest absolute Gasteiger partial charge is 0.253 e. The summed E-state index contributed by atoms with van der Waals surface area (Å²) in [5, 5.41) is 3.43. The summed E-state index contributed by atoms with van der Waals surface area (Å²) in [6.07, 6.45) is 1.31. The van der Waals surface area contributed by atoms with E-state index in [1.165, 1.54) is 5.56 Å². The fourth-order valence-corrected chi connectivity index (χ4v) is 2.97. The minimum Gasteiger partial charge on any atom is -0.348 e. The van der Waals surface area contributed by atoms with Crippen LogP contribution >= 0.6 is 11.6 Å². The van der Waals surface area contributed by atoms with Crippen LogP contribution in [0.1, 0.15) is 34.3 Å². The van der Waals surface area contributed by atoms with E-state index in [0.29, 0.717) is 35.8 Å². The number of halogens is 1. The van der Waals surface area contributed by atoms with Gasteiger partial charge in [-0.2, -0.15) is 0 Å². The third kappa shape index (κ3) is 3.60. The zero-order chi connectivity index (χ0) is 17.1. The van der Waals surface area contributed by atoms with Crippen molar-refractivity contribution in [1.29, 1.82) is 0 Å². The molecule has 1 saturated heterocycles. The summed E-state index contributed by atoms with van der Waals surface area (Å²) < 4.78 is 0. The standard InChI is InChI=1S/C19H19ClN2O2/c1-13-4-6-14(7-5-13)12-21-19(24)16-9-8-15(20)11-17(16)22-10-2-3-18(22)23/h4-9,11H,2-3,10,12H2,1H3,(H,21,24). The van der Waals surface area contributed by atoms with Crippen molar-refractivity contribution in [2.75, 3.05) is 11.4 Å². The van der Waals surface area contributed by atoms with Gasteiger partial charge in [-0.3, -0.25) is 9.59 Å². The minimum atomic E-state index is -0.207. The van der Waals surface area contributed by atoms with Gasteiger partial charge in [0.25, 0.3) is 5.91 Å². The summed E-state index contributed by atoms with van der Waals surface area (Å²) >= 11 is 6.07. The Morgan fingerprint density at radius 3 is 2.62 bits per heavy atom. The molecular weight excluding hydrogens is 324 g/mol. The maximum absolute atomic E-state index is 12.6. The van der Waals surface area contributed by atoms with Gasteiger partial charge in [0.15, 0.2) is 0 Å². The van der Waals surface area contributed by atoms with Gasteiger partial charge in [0.1, 0.15) is 0 Å². The third-order valence-electron chi connectivity index (χ3n) is 4.14. The van der Waals surface area contributed by atoms with Gasteiger partial charge >= 0.3 is 0 Å². The molecule has 0 radical (unpaired) electrons. The zero-order valence-corrected chi connectivity index (χ0v) is 14.3. The van der Waals surface area contributed by atoms with Gasteiger partial charge in [0, 0.05) is 24.5 Å². The van der Waals surface area contributed by atoms with Gasteiger partial charge in [-0.15, -0.1) is 0 Å². The van der Waals surface area contributed by atoms with Crippen LogP contribution in [0.3, 0.4) is 0 Å². The molecule has 0 atom stereocenters. The van der Waals surface area contributed by atoms with E-state index in [1.54, 1.807) is 23.1 Å². The first-order chi connectivity index (χ1) is 11.5. The number of nitrogens with zero attached hydrogens (tertiary/aromatic N) is 1. The van der Waals surface area contributed by atoms with Gasteiger partial charge in [-0.25, -0.2) is 0 Å². The van der Waals surface area contributed by atoms with Gasteiger partial charge in [0.2, 0.25) is 5.91 Å². The topological polar surface area (TPSA) is 49.4 Å². The van der Waals surface area contributed by atoms with Crippen LogP contribution in [-0.2, 0) is 11.3 Å². The molecule has 24 heavy (non-hydrogen) atoms. The van der Waals surface area contributed by atoms with Crippen molar-refractivity contribution < 1.29 is 9.59 Å². The molecule has 1 aliphatic rings. The summed E-state index contributed by atoms with van der Waals surface area (Å²) in [7, 11) is 0. The van der Waals surface area contributed by atoms with Crippen LogP contribution in [0.2, 0.25) is 5.02 Å². The molecule has 1 N–H and O–H groups in total. The maximum atomic E-state index is 12.6. The number of carbonyl (C=O) groups is 2. The molecule has 2 aromatic rings. The summed E-state index contributed by atoms with van der Waals surface area (Å²) in [4.78, 5) is 26.3. The summed E-state index contributed by atoms with van der Waals surface area (Å²) in [5.41, 5.74) is 3.27. The highest BCUT2D eigenvalue weighted by atomic mass is 35.5. The Labute approximate surface area is 146 Å². The van der Waals surface area contributed by atoms with Crippen molar-refractivity contribution >= 4 is 29.1 Å². The van der Waals surface area contributed by atoms with Crippen molar-refractivity contribution in [3.63, 3.8) is 0 Å². The summed E-state index contributed by atoms with van der Waals surface area (Å²) in [6.45, 7) is 3.09. The van der Waals surface area contributed by atoms with E-state index in [2.05, 4.69) is 5.32 Å². The van der Waals surface area contributed by atoms with Gasteiger partial charge in [-0.05, 0) is 37.1 Å². The Balaban J connectivity index is 1.79. The first-order valence-electron chi connectivity index (χ1n) is 7.98. The molecule has 1 aliphatic heterocycles. The molecule has 0 unspecified atom stereocenters. The first-order valence-corrected chi connectivity index (χ1v) is 8.36. The van der Waals surface area contributed by atoms with E-state index in [-0.39, 0.29) is 11.8 Å². The number of hydrogen-bond donors (Lipinski definition) is 1. The maximum Gasteiger partial charge on any atom is 0.253 e. The second kappa shape index (κ2) is 7.05. The Hall–Kier alpha value is -2.33. The average molecular weight is 343 g/mol. The van der Waals surface area contributed by atoms with E-state index in [1.807, 2.05) is 31.2 Å². The number of carbonyl (C=O) groups excluding carboxylic acids is 2.